The Morgan fingerprint density at radius 2 is 2.00 bits per heavy atom. The number of hydrogen-bond acceptors (Lipinski definition) is 4. The molecule has 0 spiro atoms. The van der Waals surface area contributed by atoms with Crippen molar-refractivity contribution in [3.8, 4) is 0 Å². The summed E-state index contributed by atoms with van der Waals surface area (Å²) in [6.07, 6.45) is -2.43. The number of benzene rings is 1. The lowest BCUT2D eigenvalue weighted by Crippen LogP contribution is -2.20. The predicted molar refractivity (Wildman–Crippen MR) is 66.3 cm³/mol. The first kappa shape index (κ1) is 15.5. The second-order valence-corrected chi connectivity index (χ2v) is 3.83. The van der Waals surface area contributed by atoms with Crippen LogP contribution in [0.1, 0.15) is 15.9 Å². The molecular weight excluding hydrogens is 256 g/mol. The summed E-state index contributed by atoms with van der Waals surface area (Å²) in [5.41, 5.74) is 1.48. The summed E-state index contributed by atoms with van der Waals surface area (Å²) in [6.45, 7) is 0.783. The molecule has 4 nitrogen and oxygen atoms in total. The standard InChI is InChI=1S/C13H17F2NO3/c1-18-13(17)11-4-2-10(3-5-11)8-16-6-7-19-9-12(14)15/h2-5,12,16H,6-9H2,1H3. The van der Waals surface area contributed by atoms with Crippen molar-refractivity contribution in [3.05, 3.63) is 35.4 Å². The van der Waals surface area contributed by atoms with Crippen LogP contribution in [-0.2, 0) is 16.0 Å². The van der Waals surface area contributed by atoms with E-state index in [-0.39, 0.29) is 12.6 Å². The molecule has 0 bridgehead atoms. The molecule has 1 aromatic carbocycles. The fourth-order valence-corrected chi connectivity index (χ4v) is 1.43. The zero-order chi connectivity index (χ0) is 14.1. The number of alkyl halides is 2. The molecule has 0 aromatic heterocycles. The smallest absolute Gasteiger partial charge is 0.337 e. The number of halogens is 2. The van der Waals surface area contributed by atoms with Crippen LogP contribution >= 0.6 is 0 Å². The quantitative estimate of drug-likeness (QED) is 0.580. The summed E-state index contributed by atoms with van der Waals surface area (Å²) >= 11 is 0. The van der Waals surface area contributed by atoms with Gasteiger partial charge in [0, 0.05) is 13.1 Å². The number of carbonyl (C=O) groups excluding carboxylic acids is 1. The maximum atomic E-state index is 11.8. The van der Waals surface area contributed by atoms with Crippen molar-refractivity contribution in [2.24, 2.45) is 0 Å². The number of methoxy groups -OCH3 is 1. The fraction of sp³-hybridized carbons (Fsp3) is 0.462. The third-order valence-electron chi connectivity index (χ3n) is 2.37. The zero-order valence-electron chi connectivity index (χ0n) is 10.7. The molecule has 0 fully saturated rings. The summed E-state index contributed by atoms with van der Waals surface area (Å²) in [5, 5.41) is 3.05. The van der Waals surface area contributed by atoms with Gasteiger partial charge in [-0.15, -0.1) is 0 Å². The van der Waals surface area contributed by atoms with Gasteiger partial charge in [0.2, 0.25) is 0 Å². The van der Waals surface area contributed by atoms with Crippen LogP contribution in [0.4, 0.5) is 8.78 Å². The Kier molecular flexibility index (Phi) is 6.99. The summed E-state index contributed by atoms with van der Waals surface area (Å²) in [7, 11) is 1.33. The zero-order valence-corrected chi connectivity index (χ0v) is 10.7. The second-order valence-electron chi connectivity index (χ2n) is 3.83. The van der Waals surface area contributed by atoms with Gasteiger partial charge in [0.25, 0.3) is 6.43 Å². The van der Waals surface area contributed by atoms with E-state index in [2.05, 4.69) is 10.1 Å². The van der Waals surface area contributed by atoms with Crippen molar-refractivity contribution in [1.82, 2.24) is 5.32 Å². The molecule has 0 unspecified atom stereocenters. The number of hydrogen-bond donors (Lipinski definition) is 1. The van der Waals surface area contributed by atoms with E-state index in [4.69, 9.17) is 4.74 Å². The van der Waals surface area contributed by atoms with Gasteiger partial charge in [0.1, 0.15) is 6.61 Å². The minimum absolute atomic E-state index is 0.241. The average Bonchev–Trinajstić information content (AvgIpc) is 2.42. The van der Waals surface area contributed by atoms with Crippen molar-refractivity contribution in [1.29, 1.82) is 0 Å². The Balaban J connectivity index is 2.21. The highest BCUT2D eigenvalue weighted by Crippen LogP contribution is 2.05. The van der Waals surface area contributed by atoms with Crippen molar-refractivity contribution >= 4 is 5.97 Å². The van der Waals surface area contributed by atoms with E-state index in [9.17, 15) is 13.6 Å². The van der Waals surface area contributed by atoms with Crippen LogP contribution in [0, 0.1) is 0 Å². The summed E-state index contributed by atoms with van der Waals surface area (Å²) in [4.78, 5) is 11.2. The van der Waals surface area contributed by atoms with E-state index in [1.165, 1.54) is 7.11 Å². The molecule has 0 aliphatic carbocycles. The molecule has 0 saturated heterocycles. The Morgan fingerprint density at radius 1 is 1.32 bits per heavy atom. The molecule has 0 radical (unpaired) electrons. The SMILES string of the molecule is COC(=O)c1ccc(CNCCOCC(F)F)cc1. The molecule has 1 rings (SSSR count). The van der Waals surface area contributed by atoms with Gasteiger partial charge in [0.15, 0.2) is 0 Å². The largest absolute Gasteiger partial charge is 0.465 e. The molecular formula is C13H17F2NO3. The van der Waals surface area contributed by atoms with Crippen molar-refractivity contribution in [2.45, 2.75) is 13.0 Å². The van der Waals surface area contributed by atoms with E-state index < -0.39 is 13.0 Å². The van der Waals surface area contributed by atoms with Crippen LogP contribution < -0.4 is 5.32 Å². The maximum absolute atomic E-state index is 11.8. The topological polar surface area (TPSA) is 47.6 Å². The Bertz CT molecular complexity index is 382. The molecule has 6 heteroatoms. The van der Waals surface area contributed by atoms with E-state index in [1.807, 2.05) is 0 Å². The normalized spacial score (nSPS) is 10.7. The molecule has 0 atom stereocenters. The van der Waals surface area contributed by atoms with Gasteiger partial charge in [0.05, 0.1) is 19.3 Å². The van der Waals surface area contributed by atoms with Crippen molar-refractivity contribution < 1.29 is 23.0 Å². The second kappa shape index (κ2) is 8.55. The first-order chi connectivity index (χ1) is 9.13. The molecule has 19 heavy (non-hydrogen) atoms. The van der Waals surface area contributed by atoms with Gasteiger partial charge < -0.3 is 14.8 Å². The number of nitrogens with one attached hydrogen (secondary N) is 1. The Morgan fingerprint density at radius 3 is 2.58 bits per heavy atom. The first-order valence-electron chi connectivity index (χ1n) is 5.87. The van der Waals surface area contributed by atoms with E-state index >= 15 is 0 Å². The minimum Gasteiger partial charge on any atom is -0.465 e. The summed E-state index contributed by atoms with van der Waals surface area (Å²) < 4.78 is 32.8. The molecule has 106 valence electrons. The van der Waals surface area contributed by atoms with Crippen LogP contribution in [0.5, 0.6) is 0 Å². The van der Waals surface area contributed by atoms with E-state index in [1.54, 1.807) is 24.3 Å². The Labute approximate surface area is 110 Å². The maximum Gasteiger partial charge on any atom is 0.337 e. The molecule has 0 amide bonds. The van der Waals surface area contributed by atoms with Gasteiger partial charge in [-0.05, 0) is 17.7 Å². The van der Waals surface area contributed by atoms with Gasteiger partial charge in [-0.1, -0.05) is 12.1 Å². The highest BCUT2D eigenvalue weighted by molar-refractivity contribution is 5.89. The average molecular weight is 273 g/mol. The van der Waals surface area contributed by atoms with Crippen molar-refractivity contribution in [3.63, 3.8) is 0 Å². The van der Waals surface area contributed by atoms with Crippen LogP contribution in [-0.4, -0.2) is 39.3 Å². The number of rotatable bonds is 8. The van der Waals surface area contributed by atoms with Crippen LogP contribution in [0.2, 0.25) is 0 Å². The van der Waals surface area contributed by atoms with Crippen LogP contribution in [0.25, 0.3) is 0 Å². The molecule has 1 N–H and O–H groups in total. The third-order valence-corrected chi connectivity index (χ3v) is 2.37. The lowest BCUT2D eigenvalue weighted by Gasteiger charge is -2.06. The summed E-state index contributed by atoms with van der Waals surface area (Å²) in [6, 6.07) is 6.96. The number of esters is 1. The van der Waals surface area contributed by atoms with Crippen molar-refractivity contribution in [2.75, 3.05) is 26.9 Å². The molecule has 0 heterocycles. The number of ether oxygens (including phenoxy) is 2. The van der Waals surface area contributed by atoms with E-state index in [0.29, 0.717) is 18.7 Å². The lowest BCUT2D eigenvalue weighted by atomic mass is 10.1. The van der Waals surface area contributed by atoms with Gasteiger partial charge in [-0.3, -0.25) is 0 Å². The molecule has 0 aliphatic rings. The Hall–Kier alpha value is -1.53. The van der Waals surface area contributed by atoms with Gasteiger partial charge in [-0.2, -0.15) is 0 Å². The predicted octanol–water partition coefficient (Wildman–Crippen LogP) is 1.84. The van der Waals surface area contributed by atoms with Gasteiger partial charge >= 0.3 is 5.97 Å². The van der Waals surface area contributed by atoms with Crippen LogP contribution in [0.3, 0.4) is 0 Å². The minimum atomic E-state index is -2.43. The first-order valence-corrected chi connectivity index (χ1v) is 5.87. The molecule has 1 aromatic rings. The van der Waals surface area contributed by atoms with E-state index in [0.717, 1.165) is 5.56 Å². The third kappa shape index (κ3) is 6.26. The summed E-state index contributed by atoms with van der Waals surface area (Å²) in [5.74, 6) is -0.375. The number of carbonyl (C=O) groups is 1. The monoisotopic (exact) mass is 273 g/mol. The van der Waals surface area contributed by atoms with Crippen LogP contribution in [0.15, 0.2) is 24.3 Å². The molecule has 0 saturated carbocycles. The fourth-order valence-electron chi connectivity index (χ4n) is 1.43. The molecule has 0 aliphatic heterocycles. The highest BCUT2D eigenvalue weighted by Gasteiger charge is 2.04. The lowest BCUT2D eigenvalue weighted by molar-refractivity contribution is 0.0187. The van der Waals surface area contributed by atoms with Gasteiger partial charge in [-0.25, -0.2) is 13.6 Å². The highest BCUT2D eigenvalue weighted by atomic mass is 19.3.